The Bertz CT molecular complexity index is 678. The van der Waals surface area contributed by atoms with Gasteiger partial charge < -0.3 is 10.6 Å². The molecule has 2 saturated heterocycles. The summed E-state index contributed by atoms with van der Waals surface area (Å²) in [5, 5.41) is 6.09. The molecule has 2 heterocycles. The molecule has 25 heavy (non-hydrogen) atoms. The molecule has 0 atom stereocenters. The molecule has 0 radical (unpaired) electrons. The number of anilines is 1. The fourth-order valence-corrected chi connectivity index (χ4v) is 4.75. The van der Waals surface area contributed by atoms with Crippen LogP contribution in [0.25, 0.3) is 0 Å². The molecule has 0 aromatic heterocycles. The Morgan fingerprint density at radius 1 is 1.00 bits per heavy atom. The Hall–Kier alpha value is -1.48. The lowest BCUT2D eigenvalue weighted by Gasteiger charge is -2.26. The SMILES string of the molecule is O=C(CN1CCNCC1)Nc1ccc(S(=O)(=O)N2CCCCC2)cc1. The zero-order valence-electron chi connectivity index (χ0n) is 14.4. The summed E-state index contributed by atoms with van der Waals surface area (Å²) in [6.07, 6.45) is 2.92. The molecule has 2 aliphatic rings. The van der Waals surface area contributed by atoms with Gasteiger partial charge in [-0.25, -0.2) is 8.42 Å². The number of piperidine rings is 1. The van der Waals surface area contributed by atoms with Gasteiger partial charge in [-0.2, -0.15) is 4.31 Å². The van der Waals surface area contributed by atoms with Crippen LogP contribution in [-0.2, 0) is 14.8 Å². The van der Waals surface area contributed by atoms with Crippen LogP contribution in [0.15, 0.2) is 29.2 Å². The Morgan fingerprint density at radius 2 is 1.64 bits per heavy atom. The van der Waals surface area contributed by atoms with Crippen molar-refractivity contribution in [1.29, 1.82) is 0 Å². The first-order chi connectivity index (χ1) is 12.1. The number of nitrogens with one attached hydrogen (secondary N) is 2. The first-order valence-corrected chi connectivity index (χ1v) is 10.3. The van der Waals surface area contributed by atoms with Crippen molar-refractivity contribution < 1.29 is 13.2 Å². The van der Waals surface area contributed by atoms with Crippen LogP contribution >= 0.6 is 0 Å². The van der Waals surface area contributed by atoms with E-state index in [2.05, 4.69) is 15.5 Å². The van der Waals surface area contributed by atoms with E-state index in [1.807, 2.05) is 0 Å². The predicted octanol–water partition coefficient (Wildman–Crippen LogP) is 0.705. The first-order valence-electron chi connectivity index (χ1n) is 8.89. The second-order valence-electron chi connectivity index (χ2n) is 6.56. The van der Waals surface area contributed by atoms with Gasteiger partial charge in [0.15, 0.2) is 0 Å². The molecule has 2 aliphatic heterocycles. The number of benzene rings is 1. The maximum atomic E-state index is 12.6. The van der Waals surface area contributed by atoms with E-state index in [4.69, 9.17) is 0 Å². The van der Waals surface area contributed by atoms with Gasteiger partial charge in [0.2, 0.25) is 15.9 Å². The predicted molar refractivity (Wildman–Crippen MR) is 97.0 cm³/mol. The number of hydrogen-bond acceptors (Lipinski definition) is 5. The molecular formula is C17H26N4O3S. The molecule has 1 amide bonds. The molecule has 1 aromatic carbocycles. The highest BCUT2D eigenvalue weighted by Crippen LogP contribution is 2.21. The van der Waals surface area contributed by atoms with Crippen molar-refractivity contribution in [3.05, 3.63) is 24.3 Å². The molecule has 0 unspecified atom stereocenters. The number of carbonyl (C=O) groups is 1. The summed E-state index contributed by atoms with van der Waals surface area (Å²) in [5.74, 6) is -0.0754. The second kappa shape index (κ2) is 8.27. The molecular weight excluding hydrogens is 340 g/mol. The molecule has 0 aliphatic carbocycles. The highest BCUT2D eigenvalue weighted by molar-refractivity contribution is 7.89. The van der Waals surface area contributed by atoms with Gasteiger partial charge in [0.1, 0.15) is 0 Å². The van der Waals surface area contributed by atoms with Gasteiger partial charge >= 0.3 is 0 Å². The average molecular weight is 366 g/mol. The van der Waals surface area contributed by atoms with Gasteiger partial charge in [0, 0.05) is 45.0 Å². The fraction of sp³-hybridized carbons (Fsp3) is 0.588. The Morgan fingerprint density at radius 3 is 2.28 bits per heavy atom. The molecule has 3 rings (SSSR count). The number of hydrogen-bond donors (Lipinski definition) is 2. The molecule has 1 aromatic rings. The standard InChI is InChI=1S/C17H26N4O3S/c22-17(14-20-12-8-18-9-13-20)19-15-4-6-16(7-5-15)25(23,24)21-10-2-1-3-11-21/h4-7,18H,1-3,8-14H2,(H,19,22). The zero-order chi connectivity index (χ0) is 17.7. The average Bonchev–Trinajstić information content (AvgIpc) is 2.63. The topological polar surface area (TPSA) is 81.8 Å². The molecule has 2 N–H and O–H groups in total. The molecule has 0 bridgehead atoms. The van der Waals surface area contributed by atoms with Crippen molar-refractivity contribution in [3.63, 3.8) is 0 Å². The minimum absolute atomic E-state index is 0.0754. The van der Waals surface area contributed by atoms with E-state index in [1.54, 1.807) is 28.6 Å². The van der Waals surface area contributed by atoms with Crippen molar-refractivity contribution in [3.8, 4) is 0 Å². The lowest BCUT2D eigenvalue weighted by atomic mass is 10.2. The Labute approximate surface area is 149 Å². The van der Waals surface area contributed by atoms with Crippen LogP contribution in [0.5, 0.6) is 0 Å². The van der Waals surface area contributed by atoms with Crippen LogP contribution in [0, 0.1) is 0 Å². The van der Waals surface area contributed by atoms with Crippen LogP contribution in [0.4, 0.5) is 5.69 Å². The van der Waals surface area contributed by atoms with E-state index in [1.165, 1.54) is 0 Å². The van der Waals surface area contributed by atoms with Gasteiger partial charge in [-0.15, -0.1) is 0 Å². The van der Waals surface area contributed by atoms with Crippen LogP contribution in [-0.4, -0.2) is 69.3 Å². The van der Waals surface area contributed by atoms with E-state index in [-0.39, 0.29) is 10.8 Å². The van der Waals surface area contributed by atoms with Crippen LogP contribution in [0.3, 0.4) is 0 Å². The van der Waals surface area contributed by atoms with Crippen LogP contribution in [0.1, 0.15) is 19.3 Å². The van der Waals surface area contributed by atoms with Gasteiger partial charge in [-0.05, 0) is 37.1 Å². The largest absolute Gasteiger partial charge is 0.325 e. The fourth-order valence-electron chi connectivity index (χ4n) is 3.24. The number of sulfonamides is 1. The van der Waals surface area contributed by atoms with E-state index in [0.29, 0.717) is 25.3 Å². The lowest BCUT2D eigenvalue weighted by molar-refractivity contribution is -0.117. The maximum absolute atomic E-state index is 12.6. The second-order valence-corrected chi connectivity index (χ2v) is 8.50. The summed E-state index contributed by atoms with van der Waals surface area (Å²) in [6.45, 7) is 5.06. The van der Waals surface area contributed by atoms with Crippen molar-refractivity contribution in [2.75, 3.05) is 51.1 Å². The third-order valence-electron chi connectivity index (χ3n) is 4.67. The van der Waals surface area contributed by atoms with E-state index >= 15 is 0 Å². The molecule has 2 fully saturated rings. The Balaban J connectivity index is 1.58. The van der Waals surface area contributed by atoms with E-state index < -0.39 is 10.0 Å². The molecule has 138 valence electrons. The zero-order valence-corrected chi connectivity index (χ0v) is 15.2. The molecule has 8 heteroatoms. The normalized spacial score (nSPS) is 20.3. The third kappa shape index (κ3) is 4.78. The van der Waals surface area contributed by atoms with Crippen molar-refractivity contribution in [2.24, 2.45) is 0 Å². The van der Waals surface area contributed by atoms with Crippen molar-refractivity contribution >= 4 is 21.6 Å². The monoisotopic (exact) mass is 366 g/mol. The Kier molecular flexibility index (Phi) is 6.06. The van der Waals surface area contributed by atoms with E-state index in [9.17, 15) is 13.2 Å². The molecule has 0 spiro atoms. The summed E-state index contributed by atoms with van der Waals surface area (Å²) in [4.78, 5) is 14.5. The van der Waals surface area contributed by atoms with Crippen LogP contribution < -0.4 is 10.6 Å². The highest BCUT2D eigenvalue weighted by atomic mass is 32.2. The van der Waals surface area contributed by atoms with Crippen molar-refractivity contribution in [1.82, 2.24) is 14.5 Å². The van der Waals surface area contributed by atoms with Gasteiger partial charge in [-0.1, -0.05) is 6.42 Å². The maximum Gasteiger partial charge on any atom is 0.243 e. The number of rotatable bonds is 5. The summed E-state index contributed by atoms with van der Waals surface area (Å²) < 4.78 is 26.8. The number of carbonyl (C=O) groups excluding carboxylic acids is 1. The quantitative estimate of drug-likeness (QED) is 0.802. The van der Waals surface area contributed by atoms with Gasteiger partial charge in [0.05, 0.1) is 11.4 Å². The molecule has 7 nitrogen and oxygen atoms in total. The lowest BCUT2D eigenvalue weighted by Crippen LogP contribution is -2.46. The summed E-state index contributed by atoms with van der Waals surface area (Å²) in [6, 6.07) is 6.47. The first kappa shape index (κ1) is 18.3. The summed E-state index contributed by atoms with van der Waals surface area (Å²) >= 11 is 0. The summed E-state index contributed by atoms with van der Waals surface area (Å²) in [5.41, 5.74) is 0.623. The highest BCUT2D eigenvalue weighted by Gasteiger charge is 2.25. The van der Waals surface area contributed by atoms with Gasteiger partial charge in [0.25, 0.3) is 0 Å². The van der Waals surface area contributed by atoms with Crippen LogP contribution in [0.2, 0.25) is 0 Å². The number of amides is 1. The minimum atomic E-state index is -3.42. The minimum Gasteiger partial charge on any atom is -0.325 e. The number of piperazine rings is 1. The third-order valence-corrected chi connectivity index (χ3v) is 6.58. The smallest absolute Gasteiger partial charge is 0.243 e. The number of nitrogens with zero attached hydrogens (tertiary/aromatic N) is 2. The van der Waals surface area contributed by atoms with Crippen molar-refractivity contribution in [2.45, 2.75) is 24.2 Å². The van der Waals surface area contributed by atoms with Gasteiger partial charge in [-0.3, -0.25) is 9.69 Å². The van der Waals surface area contributed by atoms with E-state index in [0.717, 1.165) is 45.4 Å². The summed E-state index contributed by atoms with van der Waals surface area (Å²) in [7, 11) is -3.42. The molecule has 0 saturated carbocycles.